The van der Waals surface area contributed by atoms with Crippen molar-refractivity contribution in [3.63, 3.8) is 0 Å². The minimum Gasteiger partial charge on any atom is -0.497 e. The number of nitrogens with one attached hydrogen (secondary N) is 1. The van der Waals surface area contributed by atoms with E-state index in [4.69, 9.17) is 10.5 Å². The predicted molar refractivity (Wildman–Crippen MR) is 101 cm³/mol. The Hall–Kier alpha value is -2.61. The van der Waals surface area contributed by atoms with Crippen LogP contribution < -0.4 is 15.8 Å². The lowest BCUT2D eigenvalue weighted by Gasteiger charge is -2.30. The molecule has 4 amide bonds. The van der Waals surface area contributed by atoms with Gasteiger partial charge < -0.3 is 20.7 Å². The fourth-order valence-electron chi connectivity index (χ4n) is 3.01. The van der Waals surface area contributed by atoms with E-state index < -0.39 is 17.5 Å². The summed E-state index contributed by atoms with van der Waals surface area (Å²) < 4.78 is 5.12. The minimum absolute atomic E-state index is 0.251. The van der Waals surface area contributed by atoms with Gasteiger partial charge in [0.15, 0.2) is 0 Å². The topological polar surface area (TPSA) is 105 Å². The van der Waals surface area contributed by atoms with Crippen LogP contribution in [0.2, 0.25) is 0 Å². The fourth-order valence-corrected chi connectivity index (χ4v) is 3.01. The van der Waals surface area contributed by atoms with E-state index in [1.165, 1.54) is 4.90 Å². The number of ether oxygens (including phenoxy) is 1. The molecular formula is C19H28N4O4. The molecule has 1 saturated heterocycles. The van der Waals surface area contributed by atoms with Gasteiger partial charge in [0.05, 0.1) is 7.11 Å². The molecular weight excluding hydrogens is 348 g/mol. The molecule has 2 rings (SSSR count). The molecule has 0 aromatic heterocycles. The van der Waals surface area contributed by atoms with Gasteiger partial charge in [-0.05, 0) is 36.6 Å². The Kier molecular flexibility index (Phi) is 5.79. The van der Waals surface area contributed by atoms with Crippen LogP contribution in [0, 0.1) is 5.41 Å². The van der Waals surface area contributed by atoms with Crippen LogP contribution in [0.3, 0.4) is 0 Å². The average Bonchev–Trinajstić information content (AvgIpc) is 2.85. The first-order valence-electron chi connectivity index (χ1n) is 8.77. The Morgan fingerprint density at radius 3 is 2.41 bits per heavy atom. The number of rotatable bonds is 7. The molecule has 1 fully saturated rings. The van der Waals surface area contributed by atoms with Gasteiger partial charge >= 0.3 is 6.03 Å². The Labute approximate surface area is 159 Å². The maximum atomic E-state index is 12.9. The summed E-state index contributed by atoms with van der Waals surface area (Å²) in [5.41, 5.74) is 4.85. The molecule has 8 heteroatoms. The number of carbonyl (C=O) groups is 3. The number of nitrogens with zero attached hydrogens (tertiary/aromatic N) is 2. The Morgan fingerprint density at radius 1 is 1.30 bits per heavy atom. The molecule has 0 bridgehead atoms. The van der Waals surface area contributed by atoms with Crippen LogP contribution in [0.25, 0.3) is 0 Å². The number of nitrogens with two attached hydrogens (primary N) is 1. The monoisotopic (exact) mass is 376 g/mol. The second-order valence-corrected chi connectivity index (χ2v) is 7.79. The first-order chi connectivity index (χ1) is 12.5. The molecule has 0 saturated carbocycles. The number of amides is 4. The highest BCUT2D eigenvalue weighted by Crippen LogP contribution is 2.30. The largest absolute Gasteiger partial charge is 0.497 e. The zero-order valence-electron chi connectivity index (χ0n) is 16.5. The molecule has 0 radical (unpaired) electrons. The van der Waals surface area contributed by atoms with Gasteiger partial charge in [-0.2, -0.15) is 0 Å². The highest BCUT2D eigenvalue weighted by atomic mass is 16.5. The SMILES string of the molecule is COc1ccc(C2(C)NC(=O)N(CC(=O)N(C)CC(C)(C)CN)C2=O)cc1. The van der Waals surface area contributed by atoms with Crippen LogP contribution in [-0.2, 0) is 15.1 Å². The number of benzene rings is 1. The quantitative estimate of drug-likeness (QED) is 0.688. The fraction of sp³-hybridized carbons (Fsp3) is 0.526. The zero-order valence-corrected chi connectivity index (χ0v) is 16.5. The first kappa shape index (κ1) is 20.7. The molecule has 1 heterocycles. The number of methoxy groups -OCH3 is 1. The van der Waals surface area contributed by atoms with Gasteiger partial charge in [0.2, 0.25) is 5.91 Å². The summed E-state index contributed by atoms with van der Waals surface area (Å²) in [6.07, 6.45) is 0. The Bertz CT molecular complexity index is 732. The molecule has 1 aliphatic rings. The number of carbonyl (C=O) groups excluding carboxylic acids is 3. The van der Waals surface area contributed by atoms with E-state index in [0.29, 0.717) is 24.4 Å². The van der Waals surface area contributed by atoms with Crippen LogP contribution in [0.1, 0.15) is 26.3 Å². The van der Waals surface area contributed by atoms with Gasteiger partial charge in [0.1, 0.15) is 17.8 Å². The summed E-state index contributed by atoms with van der Waals surface area (Å²) in [4.78, 5) is 40.3. The average molecular weight is 376 g/mol. The third-order valence-electron chi connectivity index (χ3n) is 4.88. The lowest BCUT2D eigenvalue weighted by Crippen LogP contribution is -2.46. The maximum absolute atomic E-state index is 12.9. The zero-order chi connectivity index (χ0) is 20.4. The molecule has 148 valence electrons. The Morgan fingerprint density at radius 2 is 1.89 bits per heavy atom. The Balaban J connectivity index is 2.14. The summed E-state index contributed by atoms with van der Waals surface area (Å²) in [7, 11) is 3.19. The van der Waals surface area contributed by atoms with Crippen LogP contribution in [-0.4, -0.2) is 61.4 Å². The molecule has 1 atom stereocenters. The van der Waals surface area contributed by atoms with E-state index in [1.54, 1.807) is 45.3 Å². The normalized spacial score (nSPS) is 19.9. The van der Waals surface area contributed by atoms with Crippen molar-refractivity contribution in [2.24, 2.45) is 11.1 Å². The highest BCUT2D eigenvalue weighted by molar-refractivity contribution is 6.09. The van der Waals surface area contributed by atoms with E-state index in [1.807, 2.05) is 13.8 Å². The number of hydrogen-bond donors (Lipinski definition) is 2. The van der Waals surface area contributed by atoms with Gasteiger partial charge in [-0.1, -0.05) is 26.0 Å². The second-order valence-electron chi connectivity index (χ2n) is 7.79. The summed E-state index contributed by atoms with van der Waals surface area (Å²) >= 11 is 0. The molecule has 0 aliphatic carbocycles. The van der Waals surface area contributed by atoms with Crippen molar-refractivity contribution in [2.45, 2.75) is 26.3 Å². The third-order valence-corrected chi connectivity index (χ3v) is 4.88. The molecule has 3 N–H and O–H groups in total. The molecule has 27 heavy (non-hydrogen) atoms. The molecule has 1 unspecified atom stereocenters. The van der Waals surface area contributed by atoms with Crippen LogP contribution in [0.4, 0.5) is 4.79 Å². The standard InChI is InChI=1S/C19H28N4O4/c1-18(2,11-20)12-22(4)15(24)10-23-16(25)19(3,21-17(23)26)13-6-8-14(27-5)9-7-13/h6-9H,10-12,20H2,1-5H3,(H,21,26). The van der Waals surface area contributed by atoms with Gasteiger partial charge in [0, 0.05) is 13.6 Å². The van der Waals surface area contributed by atoms with Gasteiger partial charge in [-0.25, -0.2) is 4.79 Å². The van der Waals surface area contributed by atoms with Crippen molar-refractivity contribution in [3.8, 4) is 5.75 Å². The molecule has 1 aromatic carbocycles. The van der Waals surface area contributed by atoms with Gasteiger partial charge in [-0.15, -0.1) is 0 Å². The van der Waals surface area contributed by atoms with Crippen molar-refractivity contribution < 1.29 is 19.1 Å². The minimum atomic E-state index is -1.22. The maximum Gasteiger partial charge on any atom is 0.325 e. The third kappa shape index (κ3) is 4.21. The number of imide groups is 1. The van der Waals surface area contributed by atoms with Crippen molar-refractivity contribution >= 4 is 17.8 Å². The number of urea groups is 1. The number of hydrogen-bond acceptors (Lipinski definition) is 5. The van der Waals surface area contributed by atoms with Crippen molar-refractivity contribution in [1.29, 1.82) is 0 Å². The van der Waals surface area contributed by atoms with Crippen molar-refractivity contribution in [1.82, 2.24) is 15.1 Å². The van der Waals surface area contributed by atoms with E-state index >= 15 is 0 Å². The molecule has 0 spiro atoms. The summed E-state index contributed by atoms with van der Waals surface area (Å²) in [6, 6.07) is 6.29. The molecule has 1 aromatic rings. The molecule has 1 aliphatic heterocycles. The van der Waals surface area contributed by atoms with Crippen molar-refractivity contribution in [2.75, 3.05) is 33.8 Å². The highest BCUT2D eigenvalue weighted by Gasteiger charge is 2.49. The van der Waals surface area contributed by atoms with E-state index in [9.17, 15) is 14.4 Å². The summed E-state index contributed by atoms with van der Waals surface area (Å²) in [5.74, 6) is -0.133. The number of likely N-dealkylation sites (N-methyl/N-ethyl adjacent to an activating group) is 1. The van der Waals surface area contributed by atoms with Crippen LogP contribution >= 0.6 is 0 Å². The summed E-state index contributed by atoms with van der Waals surface area (Å²) in [6.45, 7) is 6.07. The van der Waals surface area contributed by atoms with Crippen LogP contribution in [0.5, 0.6) is 5.75 Å². The van der Waals surface area contributed by atoms with Crippen LogP contribution in [0.15, 0.2) is 24.3 Å². The smallest absolute Gasteiger partial charge is 0.325 e. The molecule has 8 nitrogen and oxygen atoms in total. The van der Waals surface area contributed by atoms with Gasteiger partial charge in [-0.3, -0.25) is 14.5 Å². The van der Waals surface area contributed by atoms with E-state index in [2.05, 4.69) is 5.32 Å². The van der Waals surface area contributed by atoms with E-state index in [0.717, 1.165) is 4.90 Å². The van der Waals surface area contributed by atoms with Gasteiger partial charge in [0.25, 0.3) is 5.91 Å². The van der Waals surface area contributed by atoms with E-state index in [-0.39, 0.29) is 17.9 Å². The second kappa shape index (κ2) is 7.56. The lowest BCUT2D eigenvalue weighted by molar-refractivity contribution is -0.138. The van der Waals surface area contributed by atoms with Crippen molar-refractivity contribution in [3.05, 3.63) is 29.8 Å². The summed E-state index contributed by atoms with van der Waals surface area (Å²) in [5, 5.41) is 2.69. The predicted octanol–water partition coefficient (Wildman–Crippen LogP) is 0.906. The first-order valence-corrected chi connectivity index (χ1v) is 8.77. The lowest BCUT2D eigenvalue weighted by atomic mass is 9.92.